The Balaban J connectivity index is 1.96. The zero-order valence-corrected chi connectivity index (χ0v) is 14.1. The number of alkyl halides is 3. The molecule has 1 aliphatic carbocycles. The van der Waals surface area contributed by atoms with Crippen LogP contribution in [0.4, 0.5) is 13.2 Å². The van der Waals surface area contributed by atoms with E-state index in [0.717, 1.165) is 19.3 Å². The van der Waals surface area contributed by atoms with Crippen molar-refractivity contribution in [3.05, 3.63) is 34.9 Å². The van der Waals surface area contributed by atoms with Crippen molar-refractivity contribution in [2.45, 2.75) is 50.4 Å². The Morgan fingerprint density at radius 1 is 1.20 bits per heavy atom. The fourth-order valence-electron chi connectivity index (χ4n) is 3.54. The van der Waals surface area contributed by atoms with Gasteiger partial charge in [-0.1, -0.05) is 30.9 Å². The van der Waals surface area contributed by atoms with Gasteiger partial charge in [-0.15, -0.1) is 0 Å². The Hall–Kier alpha value is -1.60. The van der Waals surface area contributed by atoms with E-state index >= 15 is 0 Å². The first-order valence-electron chi connectivity index (χ1n) is 8.19. The monoisotopic (exact) mass is 374 g/mol. The summed E-state index contributed by atoms with van der Waals surface area (Å²) in [5, 5.41) is 15.6. The van der Waals surface area contributed by atoms with Gasteiger partial charge in [-0.3, -0.25) is 4.79 Å². The molecule has 1 heterocycles. The minimum Gasteiger partial charge on any atom is -0.368 e. The first-order chi connectivity index (χ1) is 11.7. The smallest absolute Gasteiger partial charge is 0.368 e. The summed E-state index contributed by atoms with van der Waals surface area (Å²) in [5.41, 5.74) is -2.93. The number of rotatable bonds is 2. The van der Waals surface area contributed by atoms with Gasteiger partial charge in [0.05, 0.1) is 0 Å². The van der Waals surface area contributed by atoms with Crippen LogP contribution in [0.25, 0.3) is 0 Å². The summed E-state index contributed by atoms with van der Waals surface area (Å²) in [5.74, 6) is -1.19. The number of hydrogen-bond donors (Lipinski definition) is 1. The average Bonchev–Trinajstić information content (AvgIpc) is 2.95. The molecule has 1 saturated carbocycles. The lowest BCUT2D eigenvalue weighted by Crippen LogP contribution is -2.52. The minimum atomic E-state index is -4.68. The molecule has 4 nitrogen and oxygen atoms in total. The third-order valence-electron chi connectivity index (χ3n) is 4.88. The number of aliphatic hydroxyl groups is 1. The van der Waals surface area contributed by atoms with Gasteiger partial charge in [0.1, 0.15) is 5.71 Å². The molecule has 0 radical (unpaired) electrons. The number of halogens is 4. The lowest BCUT2D eigenvalue weighted by molar-refractivity contribution is -0.123. The molecule has 3 rings (SSSR count). The van der Waals surface area contributed by atoms with E-state index in [4.69, 9.17) is 11.6 Å². The molecule has 1 aromatic rings. The second-order valence-electron chi connectivity index (χ2n) is 6.56. The van der Waals surface area contributed by atoms with E-state index in [1.807, 2.05) is 0 Å². The lowest BCUT2D eigenvalue weighted by Gasteiger charge is -2.40. The molecule has 0 unspecified atom stereocenters. The molecule has 1 N–H and O–H groups in total. The van der Waals surface area contributed by atoms with Crippen molar-refractivity contribution in [1.82, 2.24) is 5.01 Å². The fourth-order valence-corrected chi connectivity index (χ4v) is 3.67. The molecule has 1 atom stereocenters. The van der Waals surface area contributed by atoms with Gasteiger partial charge in [-0.25, -0.2) is 0 Å². The van der Waals surface area contributed by atoms with Gasteiger partial charge in [0.15, 0.2) is 5.72 Å². The van der Waals surface area contributed by atoms with Crippen LogP contribution in [0.15, 0.2) is 29.4 Å². The van der Waals surface area contributed by atoms with Crippen molar-refractivity contribution in [2.24, 2.45) is 11.0 Å². The highest BCUT2D eigenvalue weighted by Crippen LogP contribution is 2.43. The third-order valence-corrected chi connectivity index (χ3v) is 5.14. The number of benzene rings is 1. The maximum Gasteiger partial charge on any atom is 0.431 e. The van der Waals surface area contributed by atoms with Gasteiger partial charge in [-0.05, 0) is 37.1 Å². The zero-order valence-electron chi connectivity index (χ0n) is 13.4. The quantitative estimate of drug-likeness (QED) is 0.835. The van der Waals surface area contributed by atoms with Crippen LogP contribution in [0.1, 0.15) is 48.9 Å². The van der Waals surface area contributed by atoms with Gasteiger partial charge in [0.2, 0.25) is 0 Å². The van der Waals surface area contributed by atoms with Crippen molar-refractivity contribution < 1.29 is 23.1 Å². The summed E-state index contributed by atoms with van der Waals surface area (Å²) in [7, 11) is 0. The van der Waals surface area contributed by atoms with Crippen molar-refractivity contribution in [1.29, 1.82) is 0 Å². The highest BCUT2D eigenvalue weighted by atomic mass is 35.5. The highest BCUT2D eigenvalue weighted by molar-refractivity contribution is 6.30. The van der Waals surface area contributed by atoms with Crippen LogP contribution in [0.5, 0.6) is 0 Å². The molecule has 8 heteroatoms. The van der Waals surface area contributed by atoms with Crippen molar-refractivity contribution >= 4 is 23.2 Å². The molecule has 136 valence electrons. The van der Waals surface area contributed by atoms with Gasteiger partial charge in [-0.2, -0.15) is 23.3 Å². The SMILES string of the molecule is O=C(c1ccc(Cl)cc1)N1N=C(C(F)(F)F)C[C@@]1(O)C1CCCCC1. The largest absolute Gasteiger partial charge is 0.431 e. The minimum absolute atomic E-state index is 0.130. The Morgan fingerprint density at radius 2 is 1.80 bits per heavy atom. The number of carbonyl (C=O) groups is 1. The summed E-state index contributed by atoms with van der Waals surface area (Å²) < 4.78 is 39.5. The standard InChI is InChI=1S/C17H18ClF3N2O2/c18-13-8-6-11(7-9-13)15(24)23-16(25,12-4-2-1-3-5-12)10-14(22-23)17(19,20)21/h6-9,12,25H,1-5,10H2/t16-/m1/s1. The Morgan fingerprint density at radius 3 is 2.36 bits per heavy atom. The van der Waals surface area contributed by atoms with E-state index in [-0.39, 0.29) is 5.56 Å². The Bertz CT molecular complexity index is 684. The Kier molecular flexibility index (Phi) is 4.81. The van der Waals surface area contributed by atoms with Crippen molar-refractivity contribution in [3.8, 4) is 0 Å². The summed E-state index contributed by atoms with van der Waals surface area (Å²) in [6.07, 6.45) is -1.62. The highest BCUT2D eigenvalue weighted by Gasteiger charge is 2.55. The number of hydrogen-bond acceptors (Lipinski definition) is 3. The maximum absolute atomic E-state index is 13.2. The molecular weight excluding hydrogens is 357 g/mol. The molecule has 1 amide bonds. The van der Waals surface area contributed by atoms with Crippen LogP contribution >= 0.6 is 11.6 Å². The first-order valence-corrected chi connectivity index (χ1v) is 8.57. The molecular formula is C17H18ClF3N2O2. The number of nitrogens with zero attached hydrogens (tertiary/aromatic N) is 2. The summed E-state index contributed by atoms with van der Waals surface area (Å²) >= 11 is 5.79. The second-order valence-corrected chi connectivity index (χ2v) is 6.99. The third kappa shape index (κ3) is 3.53. The maximum atomic E-state index is 13.2. The molecule has 0 bridgehead atoms. The lowest BCUT2D eigenvalue weighted by atomic mass is 9.79. The van der Waals surface area contributed by atoms with Gasteiger partial charge in [0.25, 0.3) is 5.91 Å². The summed E-state index contributed by atoms with van der Waals surface area (Å²) in [4.78, 5) is 12.7. The Labute approximate surface area is 148 Å². The van der Waals surface area contributed by atoms with Crippen molar-refractivity contribution in [2.75, 3.05) is 0 Å². The van der Waals surface area contributed by atoms with Crippen LogP contribution < -0.4 is 0 Å². The van der Waals surface area contributed by atoms with Crippen LogP contribution in [0.2, 0.25) is 5.02 Å². The average molecular weight is 375 g/mol. The van der Waals surface area contributed by atoms with Gasteiger partial charge >= 0.3 is 6.18 Å². The summed E-state index contributed by atoms with van der Waals surface area (Å²) in [6, 6.07) is 5.76. The van der Waals surface area contributed by atoms with E-state index < -0.39 is 35.9 Å². The summed E-state index contributed by atoms with van der Waals surface area (Å²) in [6.45, 7) is 0. The molecule has 25 heavy (non-hydrogen) atoms. The van der Waals surface area contributed by atoms with Crippen LogP contribution in [0, 0.1) is 5.92 Å². The van der Waals surface area contributed by atoms with Crippen LogP contribution in [-0.4, -0.2) is 33.6 Å². The second kappa shape index (κ2) is 6.61. The normalized spacial score (nSPS) is 25.2. The molecule has 0 spiro atoms. The fraction of sp³-hybridized carbons (Fsp3) is 0.529. The predicted molar refractivity (Wildman–Crippen MR) is 87.3 cm³/mol. The molecule has 2 aliphatic rings. The molecule has 1 aliphatic heterocycles. The van der Waals surface area contributed by atoms with Crippen LogP contribution in [0.3, 0.4) is 0 Å². The molecule has 1 fully saturated rings. The topological polar surface area (TPSA) is 52.9 Å². The van der Waals surface area contributed by atoms with E-state index in [0.29, 0.717) is 22.9 Å². The predicted octanol–water partition coefficient (Wildman–Crippen LogP) is 4.37. The van der Waals surface area contributed by atoms with Crippen LogP contribution in [-0.2, 0) is 0 Å². The van der Waals surface area contributed by atoms with E-state index in [1.54, 1.807) is 0 Å². The van der Waals surface area contributed by atoms with Gasteiger partial charge < -0.3 is 5.11 Å². The number of carbonyl (C=O) groups excluding carboxylic acids is 1. The van der Waals surface area contributed by atoms with E-state index in [9.17, 15) is 23.1 Å². The van der Waals surface area contributed by atoms with Crippen molar-refractivity contribution in [3.63, 3.8) is 0 Å². The molecule has 0 saturated heterocycles. The van der Waals surface area contributed by atoms with Gasteiger partial charge in [0, 0.05) is 22.9 Å². The van der Waals surface area contributed by atoms with E-state index in [1.165, 1.54) is 24.3 Å². The first kappa shape index (κ1) is 18.2. The molecule has 0 aromatic heterocycles. The van der Waals surface area contributed by atoms with E-state index in [2.05, 4.69) is 5.10 Å². The number of hydrazone groups is 1. The molecule has 1 aromatic carbocycles. The zero-order chi connectivity index (χ0) is 18.2. The number of amides is 1.